The van der Waals surface area contributed by atoms with Crippen molar-refractivity contribution in [2.75, 3.05) is 7.11 Å². The molecule has 0 bridgehead atoms. The van der Waals surface area contributed by atoms with E-state index in [9.17, 15) is 4.79 Å². The van der Waals surface area contributed by atoms with Gasteiger partial charge in [-0.05, 0) is 58.3 Å². The Balaban J connectivity index is 1.69. The minimum atomic E-state index is 0.0285. The van der Waals surface area contributed by atoms with E-state index in [-0.39, 0.29) is 5.78 Å². The summed E-state index contributed by atoms with van der Waals surface area (Å²) in [5.41, 5.74) is 2.09. The van der Waals surface area contributed by atoms with Crippen molar-refractivity contribution in [1.82, 2.24) is 0 Å². The SMILES string of the molecule is CCCc1sc(C(=O)/C=C/c2ccc(CSc3ccccc3)c(OC)c2)cc1Br. The third-order valence-electron chi connectivity index (χ3n) is 4.35. The van der Waals surface area contributed by atoms with Crippen LogP contribution < -0.4 is 4.74 Å². The first-order valence-corrected chi connectivity index (χ1v) is 12.1. The number of thiophene rings is 1. The number of methoxy groups -OCH3 is 1. The summed E-state index contributed by atoms with van der Waals surface area (Å²) in [5, 5.41) is 0. The fourth-order valence-corrected chi connectivity index (χ4v) is 5.65. The van der Waals surface area contributed by atoms with E-state index in [1.807, 2.05) is 42.5 Å². The Bertz CT molecular complexity index is 993. The number of benzene rings is 2. The van der Waals surface area contributed by atoms with Crippen LogP contribution in [0.5, 0.6) is 5.75 Å². The van der Waals surface area contributed by atoms with Crippen LogP contribution in [0.25, 0.3) is 6.08 Å². The monoisotopic (exact) mass is 486 g/mol. The molecule has 0 amide bonds. The molecular weight excluding hydrogens is 464 g/mol. The number of hydrogen-bond donors (Lipinski definition) is 0. The van der Waals surface area contributed by atoms with Gasteiger partial charge in [-0.1, -0.05) is 49.8 Å². The molecule has 0 N–H and O–H groups in total. The van der Waals surface area contributed by atoms with Gasteiger partial charge < -0.3 is 4.74 Å². The Morgan fingerprint density at radius 1 is 1.17 bits per heavy atom. The number of carbonyl (C=O) groups is 1. The van der Waals surface area contributed by atoms with Crippen LogP contribution in [-0.2, 0) is 12.2 Å². The van der Waals surface area contributed by atoms with E-state index in [0.717, 1.165) is 44.8 Å². The zero-order chi connectivity index (χ0) is 20.6. The summed E-state index contributed by atoms with van der Waals surface area (Å²) in [5.74, 6) is 1.70. The lowest BCUT2D eigenvalue weighted by atomic mass is 10.1. The topological polar surface area (TPSA) is 26.3 Å². The van der Waals surface area contributed by atoms with Gasteiger partial charge in [0.25, 0.3) is 0 Å². The normalized spacial score (nSPS) is 11.1. The van der Waals surface area contributed by atoms with Crippen molar-refractivity contribution in [1.29, 1.82) is 0 Å². The van der Waals surface area contributed by atoms with E-state index in [0.29, 0.717) is 0 Å². The highest BCUT2D eigenvalue weighted by Gasteiger charge is 2.11. The zero-order valence-corrected chi connectivity index (χ0v) is 19.7. The van der Waals surface area contributed by atoms with Crippen LogP contribution in [0.4, 0.5) is 0 Å². The smallest absolute Gasteiger partial charge is 0.195 e. The number of allylic oxidation sites excluding steroid dienone is 1. The quantitative estimate of drug-likeness (QED) is 0.176. The van der Waals surface area contributed by atoms with E-state index < -0.39 is 0 Å². The van der Waals surface area contributed by atoms with Crippen molar-refractivity contribution in [2.24, 2.45) is 0 Å². The van der Waals surface area contributed by atoms with Gasteiger partial charge in [0.2, 0.25) is 0 Å². The Hall–Kier alpha value is -1.82. The second-order valence-electron chi connectivity index (χ2n) is 6.50. The standard InChI is InChI=1S/C24H23BrO2S2/c1-3-7-23-20(25)15-24(29-23)21(26)13-11-17-10-12-18(22(14-17)27-2)16-28-19-8-5-4-6-9-19/h4-6,8-15H,3,7,16H2,1-2H3/b13-11+. The maximum Gasteiger partial charge on any atom is 0.195 e. The maximum absolute atomic E-state index is 12.5. The van der Waals surface area contributed by atoms with Gasteiger partial charge in [0.05, 0.1) is 12.0 Å². The lowest BCUT2D eigenvalue weighted by Crippen LogP contribution is -1.92. The van der Waals surface area contributed by atoms with E-state index in [4.69, 9.17) is 4.74 Å². The number of ketones is 1. The fourth-order valence-electron chi connectivity index (χ4n) is 2.84. The summed E-state index contributed by atoms with van der Waals surface area (Å²) in [6.45, 7) is 2.14. The summed E-state index contributed by atoms with van der Waals surface area (Å²) in [4.78, 5) is 15.8. The molecule has 3 aromatic rings. The van der Waals surface area contributed by atoms with Crippen LogP contribution in [0.2, 0.25) is 0 Å². The average Bonchev–Trinajstić information content (AvgIpc) is 3.12. The molecule has 0 aliphatic heterocycles. The molecule has 0 atom stereocenters. The highest BCUT2D eigenvalue weighted by Crippen LogP contribution is 2.30. The summed E-state index contributed by atoms with van der Waals surface area (Å²) < 4.78 is 6.61. The molecule has 0 spiro atoms. The number of carbonyl (C=O) groups excluding carboxylic acids is 1. The van der Waals surface area contributed by atoms with Crippen molar-refractivity contribution in [3.63, 3.8) is 0 Å². The van der Waals surface area contributed by atoms with Crippen molar-refractivity contribution in [3.05, 3.63) is 86.0 Å². The van der Waals surface area contributed by atoms with E-state index >= 15 is 0 Å². The molecule has 0 unspecified atom stereocenters. The second-order valence-corrected chi connectivity index (χ2v) is 9.54. The number of rotatable bonds is 9. The van der Waals surface area contributed by atoms with Crippen molar-refractivity contribution in [2.45, 2.75) is 30.4 Å². The van der Waals surface area contributed by atoms with Gasteiger partial charge in [-0.25, -0.2) is 0 Å². The van der Waals surface area contributed by atoms with E-state index in [1.165, 1.54) is 9.77 Å². The average molecular weight is 487 g/mol. The lowest BCUT2D eigenvalue weighted by molar-refractivity contribution is 0.105. The maximum atomic E-state index is 12.5. The molecule has 1 aromatic heterocycles. The molecule has 0 aliphatic rings. The molecule has 0 fully saturated rings. The number of ether oxygens (including phenoxy) is 1. The van der Waals surface area contributed by atoms with E-state index in [2.05, 4.69) is 41.1 Å². The molecule has 0 saturated carbocycles. The van der Waals surface area contributed by atoms with Crippen LogP contribution in [0.3, 0.4) is 0 Å². The van der Waals surface area contributed by atoms with Gasteiger partial charge in [-0.15, -0.1) is 23.1 Å². The van der Waals surface area contributed by atoms with Gasteiger partial charge >= 0.3 is 0 Å². The molecule has 5 heteroatoms. The number of aryl methyl sites for hydroxylation is 1. The summed E-state index contributed by atoms with van der Waals surface area (Å²) in [6, 6.07) is 18.3. The third-order valence-corrected chi connectivity index (χ3v) is 7.59. The number of halogens is 1. The Morgan fingerprint density at radius 3 is 2.69 bits per heavy atom. The molecule has 29 heavy (non-hydrogen) atoms. The van der Waals surface area contributed by atoms with Gasteiger partial charge in [0, 0.05) is 25.6 Å². The first-order chi connectivity index (χ1) is 14.1. The summed E-state index contributed by atoms with van der Waals surface area (Å²) in [7, 11) is 1.68. The molecule has 3 rings (SSSR count). The number of thioether (sulfide) groups is 1. The molecule has 0 aliphatic carbocycles. The van der Waals surface area contributed by atoms with Crippen molar-refractivity contribution in [3.8, 4) is 5.75 Å². The molecule has 0 radical (unpaired) electrons. The van der Waals surface area contributed by atoms with Crippen LogP contribution in [-0.4, -0.2) is 12.9 Å². The molecule has 2 nitrogen and oxygen atoms in total. The van der Waals surface area contributed by atoms with Crippen LogP contribution in [0, 0.1) is 0 Å². The lowest BCUT2D eigenvalue weighted by Gasteiger charge is -2.09. The van der Waals surface area contributed by atoms with Crippen molar-refractivity contribution < 1.29 is 9.53 Å². The minimum Gasteiger partial charge on any atom is -0.496 e. The third kappa shape index (κ3) is 6.08. The Morgan fingerprint density at radius 2 is 1.97 bits per heavy atom. The fraction of sp³-hybridized carbons (Fsp3) is 0.208. The van der Waals surface area contributed by atoms with E-state index in [1.54, 1.807) is 36.3 Å². The molecule has 2 aromatic carbocycles. The summed E-state index contributed by atoms with van der Waals surface area (Å²) in [6.07, 6.45) is 5.55. The predicted molar refractivity (Wildman–Crippen MR) is 128 cm³/mol. The molecular formula is C24H23BrO2S2. The first-order valence-electron chi connectivity index (χ1n) is 9.46. The zero-order valence-electron chi connectivity index (χ0n) is 16.5. The van der Waals surface area contributed by atoms with Gasteiger partial charge in [0.15, 0.2) is 5.78 Å². The minimum absolute atomic E-state index is 0.0285. The largest absolute Gasteiger partial charge is 0.496 e. The number of hydrogen-bond acceptors (Lipinski definition) is 4. The highest BCUT2D eigenvalue weighted by molar-refractivity contribution is 9.10. The molecule has 150 valence electrons. The highest BCUT2D eigenvalue weighted by atomic mass is 79.9. The first kappa shape index (κ1) is 21.9. The van der Waals surface area contributed by atoms with Crippen LogP contribution in [0.15, 0.2) is 70.0 Å². The Labute approximate surface area is 189 Å². The molecule has 0 saturated heterocycles. The predicted octanol–water partition coefficient (Wildman–Crippen LogP) is 7.66. The van der Waals surface area contributed by atoms with Crippen LogP contribution in [0.1, 0.15) is 39.0 Å². The van der Waals surface area contributed by atoms with Crippen molar-refractivity contribution >= 4 is 50.9 Å². The van der Waals surface area contributed by atoms with Gasteiger partial charge in [-0.3, -0.25) is 4.79 Å². The van der Waals surface area contributed by atoms with Gasteiger partial charge in [-0.2, -0.15) is 0 Å². The Kier molecular flexibility index (Phi) is 8.16. The van der Waals surface area contributed by atoms with Crippen LogP contribution >= 0.6 is 39.0 Å². The molecule has 1 heterocycles. The second kappa shape index (κ2) is 10.8. The summed E-state index contributed by atoms with van der Waals surface area (Å²) >= 11 is 6.90. The van der Waals surface area contributed by atoms with Gasteiger partial charge in [0.1, 0.15) is 5.75 Å².